The molecule has 0 radical (unpaired) electrons. The molecule has 0 aromatic carbocycles. The number of nitrogens with one attached hydrogen (secondary N) is 1. The minimum atomic E-state index is -0.427. The number of aliphatic hydroxyl groups excluding tert-OH is 1. The van der Waals surface area contributed by atoms with Gasteiger partial charge in [-0.1, -0.05) is 13.0 Å². The Kier molecular flexibility index (Phi) is 7.88. The van der Waals surface area contributed by atoms with E-state index in [4.69, 9.17) is 4.74 Å². The first-order valence-electron chi connectivity index (χ1n) is 5.74. The molecule has 5 heteroatoms. The van der Waals surface area contributed by atoms with E-state index < -0.39 is 6.10 Å². The summed E-state index contributed by atoms with van der Waals surface area (Å²) in [6.07, 6.45) is 1.66. The highest BCUT2D eigenvalue weighted by molar-refractivity contribution is 7.99. The van der Waals surface area contributed by atoms with Crippen molar-refractivity contribution in [1.29, 1.82) is 0 Å². The Morgan fingerprint density at radius 3 is 3.00 bits per heavy atom. The average molecular weight is 275 g/mol. The van der Waals surface area contributed by atoms with Gasteiger partial charge in [-0.15, -0.1) is 11.3 Å². The maximum absolute atomic E-state index is 9.67. The van der Waals surface area contributed by atoms with Crippen LogP contribution in [0.5, 0.6) is 0 Å². The molecule has 0 bridgehead atoms. The second kappa shape index (κ2) is 8.94. The summed E-state index contributed by atoms with van der Waals surface area (Å²) < 4.78 is 5.44. The summed E-state index contributed by atoms with van der Waals surface area (Å²) in [6.45, 7) is 4.66. The lowest BCUT2D eigenvalue weighted by molar-refractivity contribution is 0.0300. The van der Waals surface area contributed by atoms with Crippen molar-refractivity contribution >= 4 is 23.1 Å². The number of hydrogen-bond donors (Lipinski definition) is 2. The zero-order valence-electron chi connectivity index (χ0n) is 10.4. The van der Waals surface area contributed by atoms with E-state index in [2.05, 4.69) is 18.5 Å². The predicted molar refractivity (Wildman–Crippen MR) is 75.8 cm³/mol. The van der Waals surface area contributed by atoms with E-state index in [0.29, 0.717) is 25.0 Å². The molecule has 2 atom stereocenters. The maximum atomic E-state index is 9.67. The molecule has 2 unspecified atom stereocenters. The second-order valence-corrected chi connectivity index (χ2v) is 6.26. The lowest BCUT2D eigenvalue weighted by Gasteiger charge is -2.14. The first-order chi connectivity index (χ1) is 8.22. The Hall–Kier alpha value is -0.0700. The second-order valence-electron chi connectivity index (χ2n) is 3.95. The minimum Gasteiger partial charge on any atom is -0.389 e. The zero-order valence-corrected chi connectivity index (χ0v) is 12.0. The third-order valence-corrected chi connectivity index (χ3v) is 4.17. The number of hydrogen-bond acceptors (Lipinski definition) is 5. The fourth-order valence-electron chi connectivity index (χ4n) is 1.29. The van der Waals surface area contributed by atoms with E-state index >= 15 is 0 Å². The van der Waals surface area contributed by atoms with Gasteiger partial charge in [0.05, 0.1) is 19.3 Å². The summed E-state index contributed by atoms with van der Waals surface area (Å²) in [7, 11) is 0. The van der Waals surface area contributed by atoms with Crippen molar-refractivity contribution in [3.63, 3.8) is 0 Å². The topological polar surface area (TPSA) is 41.5 Å². The van der Waals surface area contributed by atoms with E-state index in [1.807, 2.05) is 29.3 Å². The van der Waals surface area contributed by atoms with E-state index in [0.717, 1.165) is 6.54 Å². The first-order valence-corrected chi connectivity index (χ1v) is 7.90. The van der Waals surface area contributed by atoms with Gasteiger partial charge in [-0.2, -0.15) is 11.8 Å². The van der Waals surface area contributed by atoms with E-state index in [9.17, 15) is 5.11 Å². The molecule has 1 aromatic rings. The van der Waals surface area contributed by atoms with Crippen molar-refractivity contribution in [2.45, 2.75) is 24.9 Å². The Balaban J connectivity index is 1.99. The molecule has 0 saturated carbocycles. The van der Waals surface area contributed by atoms with E-state index in [1.165, 1.54) is 4.88 Å². The molecular formula is C12H21NO2S2. The van der Waals surface area contributed by atoms with Crippen molar-refractivity contribution in [3.05, 3.63) is 22.4 Å². The van der Waals surface area contributed by atoms with Crippen molar-refractivity contribution in [1.82, 2.24) is 5.32 Å². The third-order valence-electron chi connectivity index (χ3n) is 2.35. The van der Waals surface area contributed by atoms with Crippen LogP contribution in [-0.2, 0) is 11.3 Å². The predicted octanol–water partition coefficient (Wildman–Crippen LogP) is 1.97. The third kappa shape index (κ3) is 7.06. The molecule has 0 fully saturated rings. The maximum Gasteiger partial charge on any atom is 0.0897 e. The number of rotatable bonds is 9. The smallest absolute Gasteiger partial charge is 0.0897 e. The van der Waals surface area contributed by atoms with Crippen LogP contribution in [0.2, 0.25) is 0 Å². The molecule has 1 heterocycles. The van der Waals surface area contributed by atoms with Crippen molar-refractivity contribution in [3.8, 4) is 0 Å². The van der Waals surface area contributed by atoms with Gasteiger partial charge in [-0.3, -0.25) is 0 Å². The molecule has 0 saturated heterocycles. The van der Waals surface area contributed by atoms with Crippen LogP contribution in [-0.4, -0.2) is 42.4 Å². The molecule has 2 N–H and O–H groups in total. The van der Waals surface area contributed by atoms with E-state index in [1.54, 1.807) is 11.3 Å². The molecule has 0 amide bonds. The van der Waals surface area contributed by atoms with Gasteiger partial charge >= 0.3 is 0 Å². The summed E-state index contributed by atoms with van der Waals surface area (Å²) in [5.41, 5.74) is 0. The van der Waals surface area contributed by atoms with Gasteiger partial charge in [-0.05, 0) is 17.7 Å². The van der Waals surface area contributed by atoms with Crippen molar-refractivity contribution in [2.24, 2.45) is 0 Å². The molecule has 1 rings (SSSR count). The summed E-state index contributed by atoms with van der Waals surface area (Å²) in [5, 5.41) is 15.5. The molecule has 0 aliphatic carbocycles. The summed E-state index contributed by atoms with van der Waals surface area (Å²) in [5.74, 6) is 0. The van der Waals surface area contributed by atoms with Gasteiger partial charge in [-0.25, -0.2) is 0 Å². The normalized spacial score (nSPS) is 14.8. The molecule has 3 nitrogen and oxygen atoms in total. The number of ether oxygens (including phenoxy) is 1. The fourth-order valence-corrected chi connectivity index (χ4v) is 2.21. The van der Waals surface area contributed by atoms with Crippen LogP contribution in [0.1, 0.15) is 11.8 Å². The van der Waals surface area contributed by atoms with Gasteiger partial charge in [0.25, 0.3) is 0 Å². The monoisotopic (exact) mass is 275 g/mol. The van der Waals surface area contributed by atoms with Crippen LogP contribution < -0.4 is 5.32 Å². The fraction of sp³-hybridized carbons (Fsp3) is 0.667. The van der Waals surface area contributed by atoms with Crippen molar-refractivity contribution in [2.75, 3.05) is 26.0 Å². The van der Waals surface area contributed by atoms with Crippen LogP contribution >= 0.6 is 23.1 Å². The Labute approximate surface area is 112 Å². The van der Waals surface area contributed by atoms with Crippen molar-refractivity contribution < 1.29 is 9.84 Å². The largest absolute Gasteiger partial charge is 0.389 e. The molecule has 0 aliphatic rings. The van der Waals surface area contributed by atoms with Crippen LogP contribution in [0, 0.1) is 0 Å². The van der Waals surface area contributed by atoms with Gasteiger partial charge < -0.3 is 15.2 Å². The highest BCUT2D eigenvalue weighted by Crippen LogP contribution is 2.09. The van der Waals surface area contributed by atoms with Gasteiger partial charge in [0.15, 0.2) is 0 Å². The lowest BCUT2D eigenvalue weighted by Crippen LogP contribution is -2.33. The standard InChI is InChI=1S/C12H21NO2S2/c1-10(16-2)6-13-7-11(14)8-15-9-12-4-3-5-17-12/h3-5,10-11,13-14H,6-9H2,1-2H3. The van der Waals surface area contributed by atoms with Gasteiger partial charge in [0, 0.05) is 23.2 Å². The van der Waals surface area contributed by atoms with E-state index in [-0.39, 0.29) is 0 Å². The lowest BCUT2D eigenvalue weighted by atomic mass is 10.3. The van der Waals surface area contributed by atoms with Crippen LogP contribution in [0.3, 0.4) is 0 Å². The molecule has 1 aromatic heterocycles. The Morgan fingerprint density at radius 2 is 2.35 bits per heavy atom. The Bertz CT molecular complexity index is 280. The number of aliphatic hydroxyl groups is 1. The SMILES string of the molecule is CSC(C)CNCC(O)COCc1cccs1. The average Bonchev–Trinajstić information content (AvgIpc) is 2.82. The summed E-state index contributed by atoms with van der Waals surface area (Å²) in [4.78, 5) is 1.20. The number of thioether (sulfide) groups is 1. The molecule has 17 heavy (non-hydrogen) atoms. The van der Waals surface area contributed by atoms with Gasteiger partial charge in [0.2, 0.25) is 0 Å². The summed E-state index contributed by atoms with van der Waals surface area (Å²) >= 11 is 3.49. The molecular weight excluding hydrogens is 254 g/mol. The van der Waals surface area contributed by atoms with Crippen LogP contribution in [0.15, 0.2) is 17.5 Å². The van der Waals surface area contributed by atoms with Crippen LogP contribution in [0.25, 0.3) is 0 Å². The zero-order chi connectivity index (χ0) is 12.5. The quantitative estimate of drug-likeness (QED) is 0.723. The highest BCUT2D eigenvalue weighted by atomic mass is 32.2. The first kappa shape index (κ1) is 15.0. The van der Waals surface area contributed by atoms with Crippen LogP contribution in [0.4, 0.5) is 0 Å². The van der Waals surface area contributed by atoms with Gasteiger partial charge in [0.1, 0.15) is 0 Å². The Morgan fingerprint density at radius 1 is 1.53 bits per heavy atom. The highest BCUT2D eigenvalue weighted by Gasteiger charge is 2.05. The summed E-state index contributed by atoms with van der Waals surface area (Å²) in [6, 6.07) is 4.04. The molecule has 0 aliphatic heterocycles. The number of thiophene rings is 1. The molecule has 98 valence electrons. The molecule has 0 spiro atoms. The minimum absolute atomic E-state index is 0.387.